The number of hydrogen-bond acceptors (Lipinski definition) is 1. The van der Waals surface area contributed by atoms with Crippen LogP contribution in [0.2, 0.25) is 0 Å². The van der Waals surface area contributed by atoms with Crippen molar-refractivity contribution in [3.05, 3.63) is 17.2 Å². The van der Waals surface area contributed by atoms with E-state index in [9.17, 15) is 0 Å². The topological polar surface area (TPSA) is 28.7 Å². The molecule has 1 rings (SSSR count). The van der Waals surface area contributed by atoms with Gasteiger partial charge in [0.25, 0.3) is 0 Å². The summed E-state index contributed by atoms with van der Waals surface area (Å²) in [5, 5.41) is 0. The molecule has 0 aliphatic carbocycles. The molecular weight excluding hydrogens is 150 g/mol. The molecule has 0 fully saturated rings. The first-order valence-corrected chi connectivity index (χ1v) is 2.70. The molecule has 0 unspecified atom stereocenters. The van der Waals surface area contributed by atoms with Crippen molar-refractivity contribution in [1.29, 1.82) is 0 Å². The van der Waals surface area contributed by atoms with E-state index in [0.29, 0.717) is 0 Å². The zero-order valence-electron chi connectivity index (χ0n) is 6.45. The molecule has 0 atom stereocenters. The fourth-order valence-corrected chi connectivity index (χ4v) is 0.725. The molecule has 0 amide bonds. The smallest absolute Gasteiger partial charge is 0.346 e. The largest absolute Gasteiger partial charge is 1.00 e. The molecular formula is C6H14BKN2. The van der Waals surface area contributed by atoms with Gasteiger partial charge >= 0.3 is 51.4 Å². The van der Waals surface area contributed by atoms with Crippen molar-refractivity contribution in [2.45, 2.75) is 20.8 Å². The van der Waals surface area contributed by atoms with E-state index in [1.165, 1.54) is 5.69 Å². The molecule has 52 valence electrons. The molecule has 1 aromatic rings. The van der Waals surface area contributed by atoms with Crippen LogP contribution in [0.5, 0.6) is 0 Å². The standard InChI is InChI=1S/C6H10N2.BH4.K/c1-4-5(2)8-6(3)7-4;;/h1-3H3,(H,7,8);1H4;/q;-1;+1. The number of imidazole rings is 1. The van der Waals surface area contributed by atoms with Gasteiger partial charge in [0, 0.05) is 5.69 Å². The minimum absolute atomic E-state index is 0. The van der Waals surface area contributed by atoms with Crippen LogP contribution in [-0.2, 0) is 0 Å². The maximum atomic E-state index is 4.16. The maximum Gasteiger partial charge on any atom is 1.00 e. The first kappa shape index (κ1) is 13.5. The number of aryl methyl sites for hydroxylation is 3. The van der Waals surface area contributed by atoms with E-state index in [-0.39, 0.29) is 59.8 Å². The Morgan fingerprint density at radius 2 is 1.70 bits per heavy atom. The molecule has 4 heteroatoms. The summed E-state index contributed by atoms with van der Waals surface area (Å²) >= 11 is 0. The Morgan fingerprint density at radius 1 is 1.20 bits per heavy atom. The fourth-order valence-electron chi connectivity index (χ4n) is 0.725. The maximum absolute atomic E-state index is 4.16. The second-order valence-electron chi connectivity index (χ2n) is 2.03. The van der Waals surface area contributed by atoms with Crippen LogP contribution in [0.3, 0.4) is 0 Å². The number of nitrogens with one attached hydrogen (secondary N) is 1. The van der Waals surface area contributed by atoms with Gasteiger partial charge in [-0.3, -0.25) is 0 Å². The van der Waals surface area contributed by atoms with Gasteiger partial charge in [-0.2, -0.15) is 0 Å². The average Bonchev–Trinajstić information content (AvgIpc) is 1.85. The summed E-state index contributed by atoms with van der Waals surface area (Å²) in [5.74, 6) is 1.00. The third-order valence-electron chi connectivity index (χ3n) is 1.25. The van der Waals surface area contributed by atoms with Gasteiger partial charge in [0.1, 0.15) is 5.82 Å². The van der Waals surface area contributed by atoms with Gasteiger partial charge < -0.3 is 4.98 Å². The predicted molar refractivity (Wildman–Crippen MR) is 44.1 cm³/mol. The zero-order valence-corrected chi connectivity index (χ0v) is 9.57. The summed E-state index contributed by atoms with van der Waals surface area (Å²) in [7, 11) is 0. The first-order valence-electron chi connectivity index (χ1n) is 2.70. The number of aromatic amines is 1. The van der Waals surface area contributed by atoms with E-state index in [1.807, 2.05) is 20.8 Å². The number of rotatable bonds is 0. The third kappa shape index (κ3) is 3.35. The van der Waals surface area contributed by atoms with Gasteiger partial charge in [-0.05, 0) is 20.8 Å². The van der Waals surface area contributed by atoms with Crippen molar-refractivity contribution in [3.63, 3.8) is 0 Å². The summed E-state index contributed by atoms with van der Waals surface area (Å²) in [4.78, 5) is 7.25. The average molecular weight is 164 g/mol. The van der Waals surface area contributed by atoms with E-state index in [0.717, 1.165) is 11.5 Å². The number of hydrogen-bond donors (Lipinski definition) is 1. The molecule has 2 nitrogen and oxygen atoms in total. The molecule has 1 heterocycles. The Labute approximate surface area is 106 Å². The van der Waals surface area contributed by atoms with Crippen LogP contribution in [0, 0.1) is 20.8 Å². The summed E-state index contributed by atoms with van der Waals surface area (Å²) in [5.41, 5.74) is 2.27. The van der Waals surface area contributed by atoms with Crippen LogP contribution in [0.4, 0.5) is 0 Å². The van der Waals surface area contributed by atoms with Crippen LogP contribution < -0.4 is 51.4 Å². The van der Waals surface area contributed by atoms with E-state index in [2.05, 4.69) is 9.97 Å². The molecule has 0 aromatic carbocycles. The van der Waals surface area contributed by atoms with Crippen LogP contribution in [0.25, 0.3) is 0 Å². The van der Waals surface area contributed by atoms with Gasteiger partial charge in [0.15, 0.2) is 0 Å². The van der Waals surface area contributed by atoms with Crippen molar-refractivity contribution in [3.8, 4) is 0 Å². The number of nitrogens with zero attached hydrogens (tertiary/aromatic N) is 1. The van der Waals surface area contributed by atoms with Crippen molar-refractivity contribution < 1.29 is 51.4 Å². The molecule has 0 aliphatic heterocycles. The first-order chi connectivity index (χ1) is 3.70. The molecule has 0 saturated carbocycles. The van der Waals surface area contributed by atoms with Gasteiger partial charge in [0.05, 0.1) is 5.69 Å². The molecule has 0 saturated heterocycles. The van der Waals surface area contributed by atoms with Gasteiger partial charge in [0.2, 0.25) is 0 Å². The van der Waals surface area contributed by atoms with Gasteiger partial charge in [-0.1, -0.05) is 8.41 Å². The third-order valence-corrected chi connectivity index (χ3v) is 1.25. The Hall–Kier alpha value is 0.911. The van der Waals surface area contributed by atoms with E-state index in [4.69, 9.17) is 0 Å². The molecule has 1 aromatic heterocycles. The minimum Gasteiger partial charge on any atom is -0.346 e. The quantitative estimate of drug-likeness (QED) is 0.404. The van der Waals surface area contributed by atoms with Gasteiger partial charge in [-0.15, -0.1) is 0 Å². The van der Waals surface area contributed by atoms with E-state index in [1.54, 1.807) is 0 Å². The Balaban J connectivity index is 0. The molecule has 10 heavy (non-hydrogen) atoms. The van der Waals surface area contributed by atoms with Crippen molar-refractivity contribution in [2.75, 3.05) is 0 Å². The minimum atomic E-state index is 0. The van der Waals surface area contributed by atoms with Crippen LogP contribution in [0.1, 0.15) is 17.2 Å². The van der Waals surface area contributed by atoms with Crippen molar-refractivity contribution in [1.82, 2.24) is 9.97 Å². The van der Waals surface area contributed by atoms with Crippen LogP contribution in [-0.4, -0.2) is 18.4 Å². The zero-order chi connectivity index (χ0) is 6.15. The number of H-pyrrole nitrogens is 1. The SMILES string of the molecule is Cc1nc(C)c(C)[nH]1.[BH4-].[K+]. The second-order valence-corrected chi connectivity index (χ2v) is 2.03. The van der Waals surface area contributed by atoms with Crippen LogP contribution >= 0.6 is 0 Å². The van der Waals surface area contributed by atoms with Gasteiger partial charge in [-0.25, -0.2) is 4.98 Å². The Kier molecular flexibility index (Phi) is 7.49. The molecule has 0 radical (unpaired) electrons. The predicted octanol–water partition coefficient (Wildman–Crippen LogP) is -3.11. The Morgan fingerprint density at radius 3 is 1.80 bits per heavy atom. The molecule has 0 bridgehead atoms. The van der Waals surface area contributed by atoms with Crippen molar-refractivity contribution >= 4 is 8.41 Å². The fraction of sp³-hybridized carbons (Fsp3) is 0.500. The monoisotopic (exact) mass is 164 g/mol. The van der Waals surface area contributed by atoms with E-state index >= 15 is 0 Å². The Bertz CT molecular complexity index is 178. The number of aromatic nitrogens is 2. The normalized spacial score (nSPS) is 7.90. The van der Waals surface area contributed by atoms with Crippen molar-refractivity contribution in [2.24, 2.45) is 0 Å². The molecule has 0 spiro atoms. The summed E-state index contributed by atoms with van der Waals surface area (Å²) in [6.45, 7) is 5.98. The van der Waals surface area contributed by atoms with E-state index < -0.39 is 0 Å². The summed E-state index contributed by atoms with van der Waals surface area (Å²) in [6, 6.07) is 0. The summed E-state index contributed by atoms with van der Waals surface area (Å²) < 4.78 is 0. The van der Waals surface area contributed by atoms with Crippen LogP contribution in [0.15, 0.2) is 0 Å². The summed E-state index contributed by atoms with van der Waals surface area (Å²) in [6.07, 6.45) is 0. The second kappa shape index (κ2) is 5.55. The molecule has 0 aliphatic rings. The molecule has 1 N–H and O–H groups in total.